The molecule has 4 heteroatoms. The maximum atomic E-state index is 4.89. The van der Waals surface area contributed by atoms with Gasteiger partial charge in [-0.15, -0.1) is 11.3 Å². The molecule has 0 aliphatic carbocycles. The molecule has 0 amide bonds. The Morgan fingerprint density at radius 1 is 1.20 bits per heavy atom. The predicted octanol–water partition coefficient (Wildman–Crippen LogP) is 4.37. The molecule has 1 saturated heterocycles. The molecule has 0 radical (unpaired) electrons. The molecule has 0 unspecified atom stereocenters. The van der Waals surface area contributed by atoms with Crippen molar-refractivity contribution in [3.8, 4) is 0 Å². The third-order valence-corrected chi connectivity index (χ3v) is 5.13. The summed E-state index contributed by atoms with van der Waals surface area (Å²) in [5, 5.41) is 1.26. The van der Waals surface area contributed by atoms with Crippen LogP contribution in [0.5, 0.6) is 0 Å². The highest BCUT2D eigenvalue weighted by atomic mass is 32.1. The summed E-state index contributed by atoms with van der Waals surface area (Å²) in [7, 11) is 0. The molecular weight excluding hydrogens is 266 g/mol. The first-order valence-corrected chi connectivity index (χ1v) is 8.56. The molecule has 2 aromatic rings. The van der Waals surface area contributed by atoms with Crippen LogP contribution in [-0.2, 0) is 6.42 Å². The van der Waals surface area contributed by atoms with Crippen LogP contribution in [0.2, 0.25) is 0 Å². The Kier molecular flexibility index (Phi) is 3.92. The molecule has 1 fully saturated rings. The van der Waals surface area contributed by atoms with Crippen molar-refractivity contribution in [1.29, 1.82) is 0 Å². The van der Waals surface area contributed by atoms with Crippen molar-refractivity contribution in [2.24, 2.45) is 0 Å². The summed E-state index contributed by atoms with van der Waals surface area (Å²) in [6.07, 6.45) is 5.00. The number of thiophene rings is 1. The van der Waals surface area contributed by atoms with Gasteiger partial charge in [0.2, 0.25) is 0 Å². The second-order valence-corrected chi connectivity index (χ2v) is 7.01. The summed E-state index contributed by atoms with van der Waals surface area (Å²) in [5.74, 6) is 2.55. The molecule has 2 aromatic heterocycles. The first-order valence-electron chi connectivity index (χ1n) is 7.74. The molecule has 20 heavy (non-hydrogen) atoms. The first-order chi connectivity index (χ1) is 9.69. The van der Waals surface area contributed by atoms with Gasteiger partial charge >= 0.3 is 0 Å². The summed E-state index contributed by atoms with van der Waals surface area (Å²) in [5.41, 5.74) is 0. The fourth-order valence-corrected chi connectivity index (χ4v) is 3.72. The standard InChI is InChI=1S/C16H23N3S/c1-4-12-10-13-15(19-8-6-5-7-9-19)17-14(11(2)3)18-16(13)20-12/h10-11H,4-9H2,1-3H3. The van der Waals surface area contributed by atoms with E-state index in [9.17, 15) is 0 Å². The molecule has 0 bridgehead atoms. The molecule has 1 aliphatic heterocycles. The Morgan fingerprint density at radius 2 is 1.95 bits per heavy atom. The minimum absolute atomic E-state index is 0.384. The Balaban J connectivity index is 2.12. The van der Waals surface area contributed by atoms with E-state index >= 15 is 0 Å². The molecule has 3 rings (SSSR count). The van der Waals surface area contributed by atoms with Crippen LogP contribution in [0.3, 0.4) is 0 Å². The van der Waals surface area contributed by atoms with Gasteiger partial charge in [-0.1, -0.05) is 20.8 Å². The SMILES string of the molecule is CCc1cc2c(N3CCCCC3)nc(C(C)C)nc2s1. The minimum Gasteiger partial charge on any atom is -0.356 e. The van der Waals surface area contributed by atoms with Crippen molar-refractivity contribution in [3.05, 3.63) is 16.8 Å². The lowest BCUT2D eigenvalue weighted by atomic mass is 10.1. The van der Waals surface area contributed by atoms with Crippen molar-refractivity contribution >= 4 is 27.4 Å². The van der Waals surface area contributed by atoms with Gasteiger partial charge in [-0.25, -0.2) is 9.97 Å². The summed E-state index contributed by atoms with van der Waals surface area (Å²) in [6, 6.07) is 2.30. The van der Waals surface area contributed by atoms with Crippen LogP contribution >= 0.6 is 11.3 Å². The molecular formula is C16H23N3S. The van der Waals surface area contributed by atoms with Crippen molar-refractivity contribution < 1.29 is 0 Å². The van der Waals surface area contributed by atoms with Gasteiger partial charge in [0.25, 0.3) is 0 Å². The van der Waals surface area contributed by atoms with E-state index in [4.69, 9.17) is 9.97 Å². The number of piperidine rings is 1. The topological polar surface area (TPSA) is 29.0 Å². The zero-order valence-electron chi connectivity index (χ0n) is 12.6. The summed E-state index contributed by atoms with van der Waals surface area (Å²) < 4.78 is 0. The fraction of sp³-hybridized carbons (Fsp3) is 0.625. The minimum atomic E-state index is 0.384. The fourth-order valence-electron chi connectivity index (χ4n) is 2.75. The second-order valence-electron chi connectivity index (χ2n) is 5.89. The summed E-state index contributed by atoms with van der Waals surface area (Å²) in [4.78, 5) is 14.7. The molecule has 3 heterocycles. The molecule has 1 aliphatic rings. The lowest BCUT2D eigenvalue weighted by Crippen LogP contribution is -2.30. The number of fused-ring (bicyclic) bond motifs is 1. The Labute approximate surface area is 125 Å². The van der Waals surface area contributed by atoms with Gasteiger partial charge < -0.3 is 4.90 Å². The number of anilines is 1. The van der Waals surface area contributed by atoms with Crippen LogP contribution in [-0.4, -0.2) is 23.1 Å². The number of aryl methyl sites for hydroxylation is 1. The highest BCUT2D eigenvalue weighted by Gasteiger charge is 2.19. The Morgan fingerprint density at radius 3 is 2.60 bits per heavy atom. The number of rotatable bonds is 3. The van der Waals surface area contributed by atoms with Crippen molar-refractivity contribution in [2.75, 3.05) is 18.0 Å². The van der Waals surface area contributed by atoms with Gasteiger partial charge in [-0.3, -0.25) is 0 Å². The predicted molar refractivity (Wildman–Crippen MR) is 86.9 cm³/mol. The van der Waals surface area contributed by atoms with E-state index in [1.54, 1.807) is 0 Å². The van der Waals surface area contributed by atoms with Gasteiger partial charge in [0.1, 0.15) is 16.5 Å². The van der Waals surface area contributed by atoms with Crippen LogP contribution in [0.15, 0.2) is 6.07 Å². The number of aromatic nitrogens is 2. The highest BCUT2D eigenvalue weighted by molar-refractivity contribution is 7.18. The highest BCUT2D eigenvalue weighted by Crippen LogP contribution is 2.33. The van der Waals surface area contributed by atoms with E-state index in [2.05, 4.69) is 31.7 Å². The average molecular weight is 289 g/mol. The zero-order chi connectivity index (χ0) is 14.1. The molecule has 3 nitrogen and oxygen atoms in total. The van der Waals surface area contributed by atoms with Crippen LogP contribution in [0.4, 0.5) is 5.82 Å². The van der Waals surface area contributed by atoms with Gasteiger partial charge in [0, 0.05) is 23.9 Å². The monoisotopic (exact) mass is 289 g/mol. The molecule has 0 spiro atoms. The normalized spacial score (nSPS) is 16.3. The van der Waals surface area contributed by atoms with Crippen LogP contribution in [0.1, 0.15) is 56.7 Å². The van der Waals surface area contributed by atoms with Gasteiger partial charge in [0.05, 0.1) is 5.39 Å². The van der Waals surface area contributed by atoms with Crippen molar-refractivity contribution in [1.82, 2.24) is 9.97 Å². The van der Waals surface area contributed by atoms with E-state index in [1.165, 1.54) is 40.2 Å². The lowest BCUT2D eigenvalue weighted by molar-refractivity contribution is 0.573. The largest absolute Gasteiger partial charge is 0.356 e. The molecule has 0 atom stereocenters. The van der Waals surface area contributed by atoms with E-state index < -0.39 is 0 Å². The first kappa shape index (κ1) is 13.8. The van der Waals surface area contributed by atoms with Crippen LogP contribution in [0, 0.1) is 0 Å². The van der Waals surface area contributed by atoms with Gasteiger partial charge in [-0.05, 0) is 31.7 Å². The van der Waals surface area contributed by atoms with E-state index in [1.807, 2.05) is 11.3 Å². The third kappa shape index (κ3) is 2.53. The summed E-state index contributed by atoms with van der Waals surface area (Å²) >= 11 is 1.83. The maximum absolute atomic E-state index is 4.89. The molecule has 0 N–H and O–H groups in total. The van der Waals surface area contributed by atoms with Crippen LogP contribution in [0.25, 0.3) is 10.2 Å². The molecule has 0 saturated carbocycles. The second kappa shape index (κ2) is 5.68. The van der Waals surface area contributed by atoms with Crippen LogP contribution < -0.4 is 4.90 Å². The smallest absolute Gasteiger partial charge is 0.141 e. The van der Waals surface area contributed by atoms with E-state index in [0.717, 1.165) is 25.3 Å². The average Bonchev–Trinajstić information content (AvgIpc) is 2.90. The molecule has 108 valence electrons. The van der Waals surface area contributed by atoms with E-state index in [-0.39, 0.29) is 0 Å². The quantitative estimate of drug-likeness (QED) is 0.840. The Hall–Kier alpha value is -1.16. The van der Waals surface area contributed by atoms with Gasteiger partial charge in [0.15, 0.2) is 0 Å². The zero-order valence-corrected chi connectivity index (χ0v) is 13.5. The lowest BCUT2D eigenvalue weighted by Gasteiger charge is -2.28. The molecule has 0 aromatic carbocycles. The number of hydrogen-bond acceptors (Lipinski definition) is 4. The van der Waals surface area contributed by atoms with Crippen molar-refractivity contribution in [2.45, 2.75) is 52.4 Å². The van der Waals surface area contributed by atoms with Crippen molar-refractivity contribution in [3.63, 3.8) is 0 Å². The third-order valence-electron chi connectivity index (χ3n) is 3.96. The maximum Gasteiger partial charge on any atom is 0.141 e. The van der Waals surface area contributed by atoms with E-state index in [0.29, 0.717) is 5.92 Å². The van der Waals surface area contributed by atoms with Gasteiger partial charge in [-0.2, -0.15) is 0 Å². The number of nitrogens with zero attached hydrogens (tertiary/aromatic N) is 3. The summed E-state index contributed by atoms with van der Waals surface area (Å²) in [6.45, 7) is 8.84. The Bertz CT molecular complexity index is 597. The number of hydrogen-bond donors (Lipinski definition) is 0.